The molecule has 2 aromatic heterocycles. The van der Waals surface area contributed by atoms with Gasteiger partial charge in [-0.1, -0.05) is 106 Å². The molecule has 2 unspecified atom stereocenters. The van der Waals surface area contributed by atoms with E-state index in [1.165, 1.54) is 63.1 Å². The molecule has 13 rings (SSSR count). The highest BCUT2D eigenvalue weighted by atomic mass is 32.2. The number of likely N-dealkylation sites (tertiary alicyclic amines) is 1. The summed E-state index contributed by atoms with van der Waals surface area (Å²) in [5.74, 6) is 2.32. The number of Topliss-reactive ketones (excluding diaryl/α,β-unsaturated/α-hetero) is 1. The van der Waals surface area contributed by atoms with Crippen molar-refractivity contribution in [3.05, 3.63) is 164 Å². The third kappa shape index (κ3) is 13.8. The number of para-hydroxylation sites is 2. The highest BCUT2D eigenvalue weighted by molar-refractivity contribution is 7.99. The minimum absolute atomic E-state index is 0.0454. The van der Waals surface area contributed by atoms with Crippen LogP contribution in [-0.2, 0) is 49.0 Å². The van der Waals surface area contributed by atoms with Crippen molar-refractivity contribution in [1.29, 1.82) is 0 Å². The first-order valence-corrected chi connectivity index (χ1v) is 32.7. The first kappa shape index (κ1) is 67.2. The predicted octanol–water partition coefficient (Wildman–Crippen LogP) is 10.9. The Hall–Kier alpha value is -7.22. The largest absolute Gasteiger partial charge is 0.508 e. The number of benzene rings is 5. The number of rotatable bonds is 14. The number of ketones is 1. The third-order valence-corrected chi connectivity index (χ3v) is 20.4. The fourth-order valence-electron chi connectivity index (χ4n) is 14.1. The first-order chi connectivity index (χ1) is 42.8. The molecule has 1 saturated heterocycles. The van der Waals surface area contributed by atoms with E-state index in [4.69, 9.17) is 9.84 Å². The van der Waals surface area contributed by atoms with Crippen molar-refractivity contribution < 1.29 is 34.8 Å². The number of piperidine rings is 1. The van der Waals surface area contributed by atoms with Crippen LogP contribution in [0.25, 0.3) is 11.2 Å². The molecule has 2 bridgehead atoms. The lowest BCUT2D eigenvalue weighted by molar-refractivity contribution is -0.188. The molecule has 0 radical (unpaired) electrons. The Kier molecular flexibility index (Phi) is 21.0. The van der Waals surface area contributed by atoms with Gasteiger partial charge in [-0.15, -0.1) is 0 Å². The average Bonchev–Trinajstić information content (AvgIpc) is 1.37. The Bertz CT molecular complexity index is 3750. The van der Waals surface area contributed by atoms with Crippen molar-refractivity contribution in [2.75, 3.05) is 59.3 Å². The molecule has 482 valence electrons. The van der Waals surface area contributed by atoms with Gasteiger partial charge in [-0.2, -0.15) is 0 Å². The zero-order valence-electron chi connectivity index (χ0n) is 54.9. The van der Waals surface area contributed by atoms with Gasteiger partial charge in [-0.25, -0.2) is 9.78 Å². The summed E-state index contributed by atoms with van der Waals surface area (Å²) in [6, 6.07) is 37.1. The molecule has 0 amide bonds. The number of imidazole rings is 1. The normalized spacial score (nSPS) is 21.3. The summed E-state index contributed by atoms with van der Waals surface area (Å²) in [6.07, 6.45) is 8.00. The summed E-state index contributed by atoms with van der Waals surface area (Å²) >= 11 is 1.87. The molecule has 2 saturated carbocycles. The Morgan fingerprint density at radius 3 is 2.06 bits per heavy atom. The van der Waals surface area contributed by atoms with Gasteiger partial charge in [0.2, 0.25) is 0 Å². The van der Waals surface area contributed by atoms with Gasteiger partial charge < -0.3 is 44.4 Å². The molecule has 5 aromatic carbocycles. The van der Waals surface area contributed by atoms with Crippen molar-refractivity contribution in [3.63, 3.8) is 0 Å². The Morgan fingerprint density at radius 2 is 1.47 bits per heavy atom. The lowest BCUT2D eigenvalue weighted by Crippen LogP contribution is -2.76. The zero-order chi connectivity index (χ0) is 65.1. The number of hydrogen-bond acceptors (Lipinski definition) is 14. The summed E-state index contributed by atoms with van der Waals surface area (Å²) in [5.41, 5.74) is 6.67. The number of hydrogen-bond donors (Lipinski definition) is 4. The van der Waals surface area contributed by atoms with E-state index in [0.29, 0.717) is 59.3 Å². The van der Waals surface area contributed by atoms with E-state index in [0.717, 1.165) is 79.0 Å². The molecule has 6 aliphatic rings. The third-order valence-electron chi connectivity index (χ3n) is 19.3. The number of phenolic OH excluding ortho intramolecular Hbond substituents is 2. The number of carbonyl (C=O) groups is 2. The van der Waals surface area contributed by atoms with E-state index in [2.05, 4.69) is 142 Å². The fraction of sp³-hybridized carbons (Fsp3) is 0.486. The summed E-state index contributed by atoms with van der Waals surface area (Å²) in [6.45, 7) is 16.8. The first-order valence-electron chi connectivity index (χ1n) is 31.9. The zero-order valence-corrected chi connectivity index (χ0v) is 55.7. The van der Waals surface area contributed by atoms with E-state index in [9.17, 15) is 34.5 Å². The molecule has 3 fully saturated rings. The molecule has 3 aliphatic carbocycles. The molecule has 8 atom stereocenters. The second-order valence-corrected chi connectivity index (χ2v) is 27.7. The number of likely N-dealkylation sites (N-methyl/N-ethyl adjacent to an activating group) is 1. The number of aliphatic carboxylic acids is 1. The topological polar surface area (TPSA) is 199 Å². The highest BCUT2D eigenvalue weighted by Crippen LogP contribution is 2.65. The molecular formula is C72H94N8O9S. The van der Waals surface area contributed by atoms with Crippen molar-refractivity contribution in [3.8, 4) is 17.2 Å². The number of carboxylic acid groups (broad SMARTS) is 1. The standard InChI is InChI=1S/C20H23NO4.C17H20N2S.C14H23NO.C13H18O2.C8H10N4O2/c22-13-4-3-12-9-15-20(24)6-5-14(23)18-19(20,16(12)17(13)25-18)7-8-21(15)10-11-1-2-11;1-13(18(2)3)12-19-14-8-4-6-10-16(14)20-17-11-7-5-9-15(17)19;1-5-14(11(2)10-15(3)4)12-7-6-8-13(16)9-12;1-9(2)8-11-4-6-12(7-5-11)10(3)13(14)15;1-10-4-9-6-5(10)7(13)12(3)8(14)11(6)2/h3-4,11,15,18,22,24H,1-2,5-10H2;4-11,13H,12H2,1-3H3;6-9,11,14,16H,5,10H2,1-4H3;4-7,9-10H,8H2,1-3H3,(H,14,15);4H,1-3H3/t15-,18+,19+,20-;;11-,14+;;/m1.0../s1. The van der Waals surface area contributed by atoms with Crippen molar-refractivity contribution in [2.24, 2.45) is 38.9 Å². The van der Waals surface area contributed by atoms with Crippen LogP contribution in [0.4, 0.5) is 11.4 Å². The monoisotopic (exact) mass is 1250 g/mol. The number of ether oxygens (including phenoxy) is 1. The maximum absolute atomic E-state index is 12.7. The summed E-state index contributed by atoms with van der Waals surface area (Å²) in [4.78, 5) is 62.7. The van der Waals surface area contributed by atoms with E-state index in [1.54, 1.807) is 37.7 Å². The van der Waals surface area contributed by atoms with Gasteiger partial charge in [-0.3, -0.25) is 28.4 Å². The number of aromatic hydroxyl groups is 2. The Morgan fingerprint density at radius 1 is 0.811 bits per heavy atom. The van der Waals surface area contributed by atoms with Crippen LogP contribution in [0.1, 0.15) is 120 Å². The molecule has 4 N–H and O–H groups in total. The number of carbonyl (C=O) groups excluding carboxylic acids is 1. The minimum atomic E-state index is -0.940. The molecule has 90 heavy (non-hydrogen) atoms. The highest BCUT2D eigenvalue weighted by Gasteiger charge is 2.73. The Labute approximate surface area is 534 Å². The minimum Gasteiger partial charge on any atom is -0.508 e. The fourth-order valence-corrected chi connectivity index (χ4v) is 15.2. The molecule has 7 aromatic rings. The van der Waals surface area contributed by atoms with Crippen LogP contribution in [0, 0.1) is 17.8 Å². The molecule has 5 heterocycles. The van der Waals surface area contributed by atoms with Crippen LogP contribution in [0.3, 0.4) is 0 Å². The maximum Gasteiger partial charge on any atom is 0.332 e. The number of anilines is 2. The molecule has 3 aliphatic heterocycles. The van der Waals surface area contributed by atoms with Gasteiger partial charge in [0, 0.05) is 74.6 Å². The van der Waals surface area contributed by atoms with Crippen LogP contribution in [-0.4, -0.2) is 144 Å². The predicted molar refractivity (Wildman–Crippen MR) is 358 cm³/mol. The lowest BCUT2D eigenvalue weighted by atomic mass is 9.49. The Balaban J connectivity index is 0.000000136. The van der Waals surface area contributed by atoms with Gasteiger partial charge in [0.05, 0.1) is 34.6 Å². The number of phenols is 2. The SMILES string of the molecule is CC(C)Cc1ccc(C(C)C(=O)O)cc1.CC(CN1c2ccccc2Sc2ccccc21)N(C)C.CC[C@@H](c1cccc(O)c1)[C@@H](C)CN(C)C.Cn1c(=O)c2c(ncn2C)n(C)c1=O.O=C1CC[C@@]2(O)[C@H]3Cc4ccc(O)c5c4[C@@]2(CCN3CC2CC2)[C@H]1O5. The number of aromatic nitrogens is 4. The van der Waals surface area contributed by atoms with Crippen molar-refractivity contribution in [2.45, 2.75) is 144 Å². The molecule has 1 spiro atoms. The molecular weight excluding hydrogens is 1150 g/mol. The van der Waals surface area contributed by atoms with Crippen LogP contribution in [0.15, 0.2) is 135 Å². The van der Waals surface area contributed by atoms with Crippen LogP contribution >= 0.6 is 11.8 Å². The molecule has 18 heteroatoms. The van der Waals surface area contributed by atoms with Crippen LogP contribution < -0.4 is 20.9 Å². The number of aliphatic hydroxyl groups is 1. The van der Waals surface area contributed by atoms with Gasteiger partial charge in [-0.05, 0) is 182 Å². The number of aryl methyl sites for hydroxylation is 2. The van der Waals surface area contributed by atoms with Gasteiger partial charge >= 0.3 is 11.7 Å². The van der Waals surface area contributed by atoms with Gasteiger partial charge in [0.1, 0.15) is 5.75 Å². The number of fused-ring (bicyclic) bond motifs is 3. The maximum atomic E-state index is 12.7. The second-order valence-electron chi connectivity index (χ2n) is 26.7. The summed E-state index contributed by atoms with van der Waals surface area (Å²) in [7, 11) is 13.3. The van der Waals surface area contributed by atoms with Gasteiger partial charge in [0.25, 0.3) is 5.56 Å². The lowest BCUT2D eigenvalue weighted by Gasteiger charge is -2.62. The van der Waals surface area contributed by atoms with Gasteiger partial charge in [0.15, 0.2) is 34.6 Å². The van der Waals surface area contributed by atoms with E-state index in [1.807, 2.05) is 54.2 Å². The van der Waals surface area contributed by atoms with Crippen molar-refractivity contribution in [1.82, 2.24) is 33.4 Å². The number of carboxylic acids is 1. The van der Waals surface area contributed by atoms with Crippen molar-refractivity contribution >= 4 is 46.1 Å². The summed E-state index contributed by atoms with van der Waals surface area (Å²) in [5, 5.41) is 40.7. The number of nitrogens with zero attached hydrogens (tertiary/aromatic N) is 8. The van der Waals surface area contributed by atoms with Crippen LogP contribution in [0.2, 0.25) is 0 Å². The quantitative estimate of drug-likeness (QED) is 0.0801. The average molecular weight is 1250 g/mol. The second kappa shape index (κ2) is 28.1. The van der Waals surface area contributed by atoms with E-state index in [-0.39, 0.29) is 28.8 Å². The summed E-state index contributed by atoms with van der Waals surface area (Å²) < 4.78 is 10.1. The van der Waals surface area contributed by atoms with E-state index >= 15 is 0 Å². The van der Waals surface area contributed by atoms with E-state index < -0.39 is 29.0 Å². The van der Waals surface area contributed by atoms with Crippen LogP contribution in [0.5, 0.6) is 17.2 Å². The molecule has 17 nitrogen and oxygen atoms in total. The smallest absolute Gasteiger partial charge is 0.332 e.